The molecule has 1 heterocycles. The van der Waals surface area contributed by atoms with Crippen LogP contribution in [0.1, 0.15) is 55.2 Å². The largest absolute Gasteiger partial charge is 0.208 e. The summed E-state index contributed by atoms with van der Waals surface area (Å²) in [4.78, 5) is 14.8. The Bertz CT molecular complexity index is 1910. The van der Waals surface area contributed by atoms with Crippen molar-refractivity contribution in [1.82, 2.24) is 15.0 Å². The molecule has 5 aromatic rings. The van der Waals surface area contributed by atoms with Crippen molar-refractivity contribution in [3.63, 3.8) is 0 Å². The third-order valence-corrected chi connectivity index (χ3v) is 10.1. The predicted octanol–water partition coefficient (Wildman–Crippen LogP) is 8.75. The van der Waals surface area contributed by atoms with Crippen molar-refractivity contribution in [2.45, 2.75) is 43.9 Å². The minimum Gasteiger partial charge on any atom is -0.208 e. The first-order valence-corrected chi connectivity index (χ1v) is 15.6. The van der Waals surface area contributed by atoms with Crippen LogP contribution >= 0.6 is 0 Å². The standard InChI is InChI=1S/C39H31N5/c40-23-25-6-8-30(9-7-25)33-17-29(24-41)18-34(19-33)38-43-36(31-4-2-1-3-5-31)42-37(44-38)32-10-12-35(13-11-32)39-20-26-14-27(21-39)16-28(15-26)22-39/h1-13,17-19,26-28H,14-16,20-22H2. The molecule has 4 aromatic carbocycles. The second-order valence-electron chi connectivity index (χ2n) is 13.0. The molecule has 5 nitrogen and oxygen atoms in total. The molecule has 0 aliphatic heterocycles. The van der Waals surface area contributed by atoms with Crippen LogP contribution in [-0.2, 0) is 5.41 Å². The van der Waals surface area contributed by atoms with E-state index in [0.717, 1.165) is 45.6 Å². The summed E-state index contributed by atoms with van der Waals surface area (Å²) in [5.74, 6) is 4.44. The number of benzene rings is 4. The molecule has 4 saturated carbocycles. The summed E-state index contributed by atoms with van der Waals surface area (Å²) in [6, 6.07) is 36.5. The molecule has 4 bridgehead atoms. The van der Waals surface area contributed by atoms with E-state index in [9.17, 15) is 10.5 Å². The molecule has 44 heavy (non-hydrogen) atoms. The Morgan fingerprint density at radius 3 is 1.57 bits per heavy atom. The lowest BCUT2D eigenvalue weighted by Crippen LogP contribution is -2.48. The summed E-state index contributed by atoms with van der Waals surface area (Å²) < 4.78 is 0. The Kier molecular flexibility index (Phi) is 6.35. The Hall–Kier alpha value is -5.13. The van der Waals surface area contributed by atoms with Crippen LogP contribution in [0.15, 0.2) is 97.1 Å². The van der Waals surface area contributed by atoms with Gasteiger partial charge in [-0.15, -0.1) is 0 Å². The van der Waals surface area contributed by atoms with Crippen LogP contribution in [0.25, 0.3) is 45.3 Å². The van der Waals surface area contributed by atoms with Gasteiger partial charge in [0.15, 0.2) is 17.5 Å². The van der Waals surface area contributed by atoms with E-state index in [1.54, 1.807) is 12.1 Å². The molecule has 9 rings (SSSR count). The van der Waals surface area contributed by atoms with Gasteiger partial charge in [0, 0.05) is 16.7 Å². The summed E-state index contributed by atoms with van der Waals surface area (Å²) >= 11 is 0. The first kappa shape index (κ1) is 26.5. The van der Waals surface area contributed by atoms with E-state index in [-0.39, 0.29) is 0 Å². The summed E-state index contributed by atoms with van der Waals surface area (Å²) in [6.45, 7) is 0. The van der Waals surface area contributed by atoms with Crippen LogP contribution in [0.2, 0.25) is 0 Å². The number of hydrogen-bond donors (Lipinski definition) is 0. The third-order valence-electron chi connectivity index (χ3n) is 10.1. The van der Waals surface area contributed by atoms with Crippen LogP contribution in [0, 0.1) is 40.4 Å². The highest BCUT2D eigenvalue weighted by molar-refractivity contribution is 5.74. The van der Waals surface area contributed by atoms with E-state index in [1.165, 1.54) is 44.1 Å². The Morgan fingerprint density at radius 1 is 0.500 bits per heavy atom. The van der Waals surface area contributed by atoms with Gasteiger partial charge in [-0.05, 0) is 109 Å². The highest BCUT2D eigenvalue weighted by Gasteiger charge is 2.51. The summed E-state index contributed by atoms with van der Waals surface area (Å²) in [6.07, 6.45) is 8.32. The molecule has 1 aromatic heterocycles. The van der Waals surface area contributed by atoms with Gasteiger partial charge >= 0.3 is 0 Å². The van der Waals surface area contributed by atoms with Crippen LogP contribution in [-0.4, -0.2) is 15.0 Å². The average molecular weight is 570 g/mol. The minimum absolute atomic E-state index is 0.340. The van der Waals surface area contributed by atoms with E-state index in [1.807, 2.05) is 60.7 Å². The zero-order chi connectivity index (χ0) is 29.7. The van der Waals surface area contributed by atoms with Gasteiger partial charge in [0.2, 0.25) is 0 Å². The van der Waals surface area contributed by atoms with Gasteiger partial charge in [-0.1, -0.05) is 66.7 Å². The number of aromatic nitrogens is 3. The molecule has 0 amide bonds. The molecule has 4 aliphatic carbocycles. The lowest BCUT2D eigenvalue weighted by Gasteiger charge is -2.57. The maximum atomic E-state index is 9.90. The predicted molar refractivity (Wildman–Crippen MR) is 171 cm³/mol. The number of hydrogen-bond acceptors (Lipinski definition) is 5. The lowest BCUT2D eigenvalue weighted by molar-refractivity contribution is -0.00518. The second kappa shape index (κ2) is 10.5. The van der Waals surface area contributed by atoms with Gasteiger partial charge in [-0.25, -0.2) is 15.0 Å². The Morgan fingerprint density at radius 2 is 1.00 bits per heavy atom. The molecule has 5 heteroatoms. The smallest absolute Gasteiger partial charge is 0.164 e. The zero-order valence-corrected chi connectivity index (χ0v) is 24.4. The fourth-order valence-corrected chi connectivity index (χ4v) is 8.51. The average Bonchev–Trinajstić information content (AvgIpc) is 3.08. The Labute approximate surface area is 257 Å². The van der Waals surface area contributed by atoms with E-state index >= 15 is 0 Å². The van der Waals surface area contributed by atoms with Crippen molar-refractivity contribution in [2.24, 2.45) is 17.8 Å². The number of nitriles is 2. The minimum atomic E-state index is 0.340. The summed E-state index contributed by atoms with van der Waals surface area (Å²) in [5.41, 5.74) is 7.33. The summed E-state index contributed by atoms with van der Waals surface area (Å²) in [5, 5.41) is 19.1. The van der Waals surface area contributed by atoms with Crippen molar-refractivity contribution in [2.75, 3.05) is 0 Å². The van der Waals surface area contributed by atoms with Crippen molar-refractivity contribution in [3.8, 4) is 57.4 Å². The molecule has 4 fully saturated rings. The van der Waals surface area contributed by atoms with Crippen LogP contribution in [0.5, 0.6) is 0 Å². The molecule has 0 saturated heterocycles. The topological polar surface area (TPSA) is 86.2 Å². The van der Waals surface area contributed by atoms with Crippen molar-refractivity contribution in [3.05, 3.63) is 114 Å². The lowest BCUT2D eigenvalue weighted by atomic mass is 9.48. The highest BCUT2D eigenvalue weighted by Crippen LogP contribution is 2.60. The van der Waals surface area contributed by atoms with E-state index in [2.05, 4.69) is 36.4 Å². The second-order valence-corrected chi connectivity index (χ2v) is 13.0. The molecule has 0 unspecified atom stereocenters. The van der Waals surface area contributed by atoms with Gasteiger partial charge in [0.05, 0.1) is 23.3 Å². The Balaban J connectivity index is 1.21. The van der Waals surface area contributed by atoms with Crippen molar-refractivity contribution < 1.29 is 0 Å². The molecular weight excluding hydrogens is 538 g/mol. The summed E-state index contributed by atoms with van der Waals surface area (Å²) in [7, 11) is 0. The molecule has 0 N–H and O–H groups in total. The maximum Gasteiger partial charge on any atom is 0.164 e. The van der Waals surface area contributed by atoms with Gasteiger partial charge in [0.1, 0.15) is 0 Å². The zero-order valence-electron chi connectivity index (χ0n) is 24.4. The number of rotatable bonds is 5. The van der Waals surface area contributed by atoms with E-state index in [0.29, 0.717) is 34.0 Å². The molecule has 0 spiro atoms. The quantitative estimate of drug-likeness (QED) is 0.211. The van der Waals surface area contributed by atoms with Gasteiger partial charge in [-0.2, -0.15) is 10.5 Å². The van der Waals surface area contributed by atoms with Crippen LogP contribution < -0.4 is 0 Å². The first-order valence-electron chi connectivity index (χ1n) is 15.6. The SMILES string of the molecule is N#Cc1ccc(-c2cc(C#N)cc(-c3nc(-c4ccccc4)nc(-c4ccc(C56CC7CC(CC(C7)C5)C6)cc4)n3)c2)cc1. The first-order chi connectivity index (χ1) is 21.6. The van der Waals surface area contributed by atoms with Crippen molar-refractivity contribution in [1.29, 1.82) is 10.5 Å². The molecule has 212 valence electrons. The van der Waals surface area contributed by atoms with E-state index in [4.69, 9.17) is 15.0 Å². The monoisotopic (exact) mass is 569 g/mol. The number of nitrogens with zero attached hydrogens (tertiary/aromatic N) is 5. The molecule has 0 radical (unpaired) electrons. The van der Waals surface area contributed by atoms with E-state index < -0.39 is 0 Å². The van der Waals surface area contributed by atoms with Crippen LogP contribution in [0.4, 0.5) is 0 Å². The van der Waals surface area contributed by atoms with Gasteiger partial charge in [-0.3, -0.25) is 0 Å². The molecule has 0 atom stereocenters. The highest BCUT2D eigenvalue weighted by atomic mass is 15.0. The fraction of sp³-hybridized carbons (Fsp3) is 0.256. The fourth-order valence-electron chi connectivity index (χ4n) is 8.51. The molecular formula is C39H31N5. The molecule has 4 aliphatic rings. The van der Waals surface area contributed by atoms with Gasteiger partial charge < -0.3 is 0 Å². The third kappa shape index (κ3) is 4.76. The normalized spacial score (nSPS) is 23.2. The van der Waals surface area contributed by atoms with Crippen molar-refractivity contribution >= 4 is 0 Å². The van der Waals surface area contributed by atoms with Gasteiger partial charge in [0.25, 0.3) is 0 Å². The van der Waals surface area contributed by atoms with Crippen LogP contribution in [0.3, 0.4) is 0 Å². The maximum absolute atomic E-state index is 9.90.